The second-order valence-electron chi connectivity index (χ2n) is 2.77. The van der Waals surface area contributed by atoms with Crippen molar-refractivity contribution >= 4 is 5.69 Å². The molecule has 0 bridgehead atoms. The number of nitrogens with zero attached hydrogens (tertiary/aromatic N) is 2. The van der Waals surface area contributed by atoms with E-state index in [1.165, 1.54) is 0 Å². The van der Waals surface area contributed by atoms with Gasteiger partial charge in [-0.05, 0) is 6.92 Å². The van der Waals surface area contributed by atoms with Gasteiger partial charge in [-0.2, -0.15) is 5.10 Å². The summed E-state index contributed by atoms with van der Waals surface area (Å²) in [5, 5.41) is 12.6. The lowest BCUT2D eigenvalue weighted by Crippen LogP contribution is -2.08. The Hall–Kier alpha value is -1.07. The number of nitrogen functional groups attached to an aromatic ring is 1. The van der Waals surface area contributed by atoms with Gasteiger partial charge in [0.15, 0.2) is 0 Å². The van der Waals surface area contributed by atoms with Gasteiger partial charge >= 0.3 is 0 Å². The van der Waals surface area contributed by atoms with Crippen LogP contribution in [0.2, 0.25) is 0 Å². The normalized spacial score (nSPS) is 10.6. The van der Waals surface area contributed by atoms with Crippen LogP contribution in [0.25, 0.3) is 0 Å². The van der Waals surface area contributed by atoms with E-state index in [2.05, 4.69) is 5.10 Å². The molecule has 0 radical (unpaired) electrons. The van der Waals surface area contributed by atoms with Gasteiger partial charge in [0.2, 0.25) is 0 Å². The molecule has 5 heteroatoms. The maximum atomic E-state index is 8.44. The van der Waals surface area contributed by atoms with Crippen LogP contribution in [-0.2, 0) is 11.3 Å². The quantitative estimate of drug-likeness (QED) is 0.622. The minimum atomic E-state index is 0.0558. The standard InChI is InChI=1S/C8H15N3O2/c1-7-8(9)6-11(10-7)2-4-13-5-3-12/h6,12H,2-5,9H2,1H3. The molecule has 0 amide bonds. The van der Waals surface area contributed by atoms with E-state index >= 15 is 0 Å². The summed E-state index contributed by atoms with van der Waals surface area (Å²) in [6.07, 6.45) is 1.78. The molecule has 1 rings (SSSR count). The summed E-state index contributed by atoms with van der Waals surface area (Å²) >= 11 is 0. The van der Waals surface area contributed by atoms with Crippen LogP contribution in [0.5, 0.6) is 0 Å². The van der Waals surface area contributed by atoms with Gasteiger partial charge in [-0.3, -0.25) is 4.68 Å². The van der Waals surface area contributed by atoms with Crippen LogP contribution in [0.4, 0.5) is 5.69 Å². The highest BCUT2D eigenvalue weighted by Gasteiger charge is 1.99. The summed E-state index contributed by atoms with van der Waals surface area (Å²) in [4.78, 5) is 0. The number of rotatable bonds is 5. The third-order valence-corrected chi connectivity index (χ3v) is 1.68. The van der Waals surface area contributed by atoms with E-state index in [-0.39, 0.29) is 6.61 Å². The van der Waals surface area contributed by atoms with Crippen LogP contribution < -0.4 is 5.73 Å². The van der Waals surface area contributed by atoms with Gasteiger partial charge < -0.3 is 15.6 Å². The molecule has 0 aliphatic carbocycles. The number of hydrogen-bond donors (Lipinski definition) is 2. The van der Waals surface area contributed by atoms with Gasteiger partial charge in [0.05, 0.1) is 37.7 Å². The maximum Gasteiger partial charge on any atom is 0.0822 e. The van der Waals surface area contributed by atoms with Crippen LogP contribution >= 0.6 is 0 Å². The van der Waals surface area contributed by atoms with Crippen molar-refractivity contribution in [3.05, 3.63) is 11.9 Å². The number of aromatic nitrogens is 2. The van der Waals surface area contributed by atoms with Gasteiger partial charge in [-0.1, -0.05) is 0 Å². The average Bonchev–Trinajstić information content (AvgIpc) is 2.41. The van der Waals surface area contributed by atoms with Crippen LogP contribution in [0, 0.1) is 6.92 Å². The van der Waals surface area contributed by atoms with Gasteiger partial charge in [0.25, 0.3) is 0 Å². The first-order valence-corrected chi connectivity index (χ1v) is 4.22. The van der Waals surface area contributed by atoms with Crippen molar-refractivity contribution in [1.82, 2.24) is 9.78 Å². The molecule has 0 spiro atoms. The summed E-state index contributed by atoms with van der Waals surface area (Å²) in [5.74, 6) is 0. The number of hydrogen-bond acceptors (Lipinski definition) is 4. The van der Waals surface area contributed by atoms with Gasteiger partial charge in [-0.25, -0.2) is 0 Å². The number of aryl methyl sites for hydroxylation is 1. The molecule has 1 heterocycles. The Morgan fingerprint density at radius 1 is 1.62 bits per heavy atom. The molecule has 0 saturated carbocycles. The summed E-state index contributed by atoms with van der Waals surface area (Å²) in [6, 6.07) is 0. The zero-order valence-electron chi connectivity index (χ0n) is 7.73. The largest absolute Gasteiger partial charge is 0.396 e. The molecule has 0 atom stereocenters. The fourth-order valence-corrected chi connectivity index (χ4v) is 0.972. The SMILES string of the molecule is Cc1nn(CCOCCO)cc1N. The molecule has 1 aromatic heterocycles. The Morgan fingerprint density at radius 3 is 2.92 bits per heavy atom. The summed E-state index contributed by atoms with van der Waals surface area (Å²) in [5.41, 5.74) is 7.14. The van der Waals surface area contributed by atoms with Gasteiger partial charge in [0, 0.05) is 6.20 Å². The first kappa shape index (κ1) is 10.0. The second kappa shape index (κ2) is 4.84. The van der Waals surface area contributed by atoms with Crippen molar-refractivity contribution in [3.63, 3.8) is 0 Å². The lowest BCUT2D eigenvalue weighted by atomic mass is 10.4. The Kier molecular flexibility index (Phi) is 3.72. The molecule has 13 heavy (non-hydrogen) atoms. The van der Waals surface area contributed by atoms with Gasteiger partial charge in [-0.15, -0.1) is 0 Å². The monoisotopic (exact) mass is 185 g/mol. The summed E-state index contributed by atoms with van der Waals surface area (Å²) < 4.78 is 6.82. The average molecular weight is 185 g/mol. The van der Waals surface area contributed by atoms with Gasteiger partial charge in [0.1, 0.15) is 0 Å². The third-order valence-electron chi connectivity index (χ3n) is 1.68. The highest BCUT2D eigenvalue weighted by atomic mass is 16.5. The fourth-order valence-electron chi connectivity index (χ4n) is 0.972. The van der Waals surface area contributed by atoms with Crippen molar-refractivity contribution in [1.29, 1.82) is 0 Å². The first-order chi connectivity index (χ1) is 6.24. The van der Waals surface area contributed by atoms with Crippen LogP contribution in [0.1, 0.15) is 5.69 Å². The molecule has 0 saturated heterocycles. The minimum Gasteiger partial charge on any atom is -0.396 e. The first-order valence-electron chi connectivity index (χ1n) is 4.22. The molecule has 0 aliphatic heterocycles. The van der Waals surface area contributed by atoms with Crippen molar-refractivity contribution in [2.24, 2.45) is 0 Å². The molecule has 5 nitrogen and oxygen atoms in total. The van der Waals surface area contributed by atoms with E-state index in [0.717, 1.165) is 5.69 Å². The molecule has 0 unspecified atom stereocenters. The topological polar surface area (TPSA) is 73.3 Å². The number of nitrogens with two attached hydrogens (primary N) is 1. The molecular weight excluding hydrogens is 170 g/mol. The lowest BCUT2D eigenvalue weighted by molar-refractivity contribution is 0.0853. The van der Waals surface area contributed by atoms with E-state index in [0.29, 0.717) is 25.4 Å². The lowest BCUT2D eigenvalue weighted by Gasteiger charge is -2.01. The fraction of sp³-hybridized carbons (Fsp3) is 0.625. The predicted molar refractivity (Wildman–Crippen MR) is 49.3 cm³/mol. The molecule has 1 aromatic rings. The minimum absolute atomic E-state index is 0.0558. The van der Waals surface area contributed by atoms with E-state index in [9.17, 15) is 0 Å². The zero-order valence-corrected chi connectivity index (χ0v) is 7.73. The van der Waals surface area contributed by atoms with E-state index in [4.69, 9.17) is 15.6 Å². The zero-order chi connectivity index (χ0) is 9.68. The molecule has 0 fully saturated rings. The van der Waals surface area contributed by atoms with Crippen molar-refractivity contribution in [2.45, 2.75) is 13.5 Å². The predicted octanol–water partition coefficient (Wildman–Crippen LogP) is -0.217. The molecular formula is C8H15N3O2. The highest BCUT2D eigenvalue weighted by Crippen LogP contribution is 2.05. The van der Waals surface area contributed by atoms with Crippen LogP contribution in [0.15, 0.2) is 6.20 Å². The van der Waals surface area contributed by atoms with E-state index in [1.54, 1.807) is 10.9 Å². The number of anilines is 1. The molecule has 0 aromatic carbocycles. The smallest absolute Gasteiger partial charge is 0.0822 e. The van der Waals surface area contributed by atoms with Crippen molar-refractivity contribution in [2.75, 3.05) is 25.6 Å². The van der Waals surface area contributed by atoms with Crippen LogP contribution in [0.3, 0.4) is 0 Å². The van der Waals surface area contributed by atoms with Crippen LogP contribution in [-0.4, -0.2) is 34.7 Å². The summed E-state index contributed by atoms with van der Waals surface area (Å²) in [7, 11) is 0. The number of ether oxygens (including phenoxy) is 1. The molecule has 0 aliphatic rings. The third kappa shape index (κ3) is 3.04. The maximum absolute atomic E-state index is 8.44. The summed E-state index contributed by atoms with van der Waals surface area (Å²) in [6.45, 7) is 3.50. The second-order valence-corrected chi connectivity index (χ2v) is 2.77. The Bertz CT molecular complexity index is 240. The van der Waals surface area contributed by atoms with Crippen molar-refractivity contribution < 1.29 is 9.84 Å². The Morgan fingerprint density at radius 2 is 2.38 bits per heavy atom. The molecule has 3 N–H and O–H groups in total. The number of aliphatic hydroxyl groups is 1. The van der Waals surface area contributed by atoms with E-state index < -0.39 is 0 Å². The van der Waals surface area contributed by atoms with Crippen molar-refractivity contribution in [3.8, 4) is 0 Å². The highest BCUT2D eigenvalue weighted by molar-refractivity contribution is 5.39. The number of aliphatic hydroxyl groups excluding tert-OH is 1. The van der Waals surface area contributed by atoms with E-state index in [1.807, 2.05) is 6.92 Å². The Labute approximate surface area is 77.1 Å². The molecule has 74 valence electrons. The Balaban J connectivity index is 2.29.